The Morgan fingerprint density at radius 2 is 2.21 bits per heavy atom. The first kappa shape index (κ1) is 9.33. The van der Waals surface area contributed by atoms with E-state index >= 15 is 0 Å². The van der Waals surface area contributed by atoms with Crippen LogP contribution >= 0.6 is 0 Å². The van der Waals surface area contributed by atoms with E-state index in [0.29, 0.717) is 24.4 Å². The van der Waals surface area contributed by atoms with E-state index in [4.69, 9.17) is 14.2 Å². The molecule has 3 fully saturated rings. The van der Waals surface area contributed by atoms with Crippen LogP contribution in [0.2, 0.25) is 5.54 Å². The Kier molecular flexibility index (Phi) is 2.39. The Morgan fingerprint density at radius 3 is 2.86 bits per heavy atom. The summed E-state index contributed by atoms with van der Waals surface area (Å²) in [4.78, 5) is 0. The average molecular weight is 214 g/mol. The molecule has 0 aromatic carbocycles. The zero-order chi connectivity index (χ0) is 9.54. The monoisotopic (exact) mass is 214 g/mol. The molecule has 3 aliphatic heterocycles. The van der Waals surface area contributed by atoms with Crippen LogP contribution in [0.15, 0.2) is 0 Å². The molecule has 0 spiro atoms. The van der Waals surface area contributed by atoms with E-state index in [0.717, 1.165) is 31.6 Å². The van der Waals surface area contributed by atoms with Gasteiger partial charge in [-0.15, -0.1) is 0 Å². The van der Waals surface area contributed by atoms with Crippen LogP contribution < -0.4 is 0 Å². The summed E-state index contributed by atoms with van der Waals surface area (Å²) in [6.07, 6.45) is 5.35. The molecule has 0 radical (unpaired) electrons. The van der Waals surface area contributed by atoms with Crippen molar-refractivity contribution in [2.75, 3.05) is 13.2 Å². The first-order chi connectivity index (χ1) is 6.83. The molecule has 3 nitrogen and oxygen atoms in total. The summed E-state index contributed by atoms with van der Waals surface area (Å²) in [6.45, 7) is 1.80. The van der Waals surface area contributed by atoms with Crippen LogP contribution in [0.4, 0.5) is 0 Å². The summed E-state index contributed by atoms with van der Waals surface area (Å²) in [5.41, 5.74) is 0.830. The summed E-state index contributed by atoms with van der Waals surface area (Å²) < 4.78 is 16.9. The Balaban J connectivity index is 1.44. The fourth-order valence-electron chi connectivity index (χ4n) is 2.71. The van der Waals surface area contributed by atoms with Gasteiger partial charge in [0.1, 0.15) is 0 Å². The molecule has 0 aromatic rings. The Morgan fingerprint density at radius 1 is 1.36 bits per heavy atom. The van der Waals surface area contributed by atoms with Crippen molar-refractivity contribution in [2.45, 2.75) is 49.2 Å². The van der Waals surface area contributed by atoms with Crippen molar-refractivity contribution in [1.29, 1.82) is 0 Å². The molecule has 14 heavy (non-hydrogen) atoms. The van der Waals surface area contributed by atoms with Crippen molar-refractivity contribution in [3.63, 3.8) is 0 Å². The van der Waals surface area contributed by atoms with Gasteiger partial charge in [0.15, 0.2) is 0 Å². The molecule has 4 heteroatoms. The van der Waals surface area contributed by atoms with Gasteiger partial charge in [0.2, 0.25) is 0 Å². The number of epoxide rings is 1. The van der Waals surface area contributed by atoms with E-state index in [1.165, 1.54) is 16.7 Å². The van der Waals surface area contributed by atoms with E-state index in [9.17, 15) is 0 Å². The minimum absolute atomic E-state index is 0.398. The summed E-state index contributed by atoms with van der Waals surface area (Å²) in [5, 5.41) is 0. The fourth-order valence-corrected chi connectivity index (χ4v) is 3.82. The van der Waals surface area contributed by atoms with Crippen molar-refractivity contribution in [3.05, 3.63) is 0 Å². The molecule has 3 rings (SSSR count). The number of rotatable bonds is 4. The molecule has 5 unspecified atom stereocenters. The number of hydrogen-bond acceptors (Lipinski definition) is 3. The standard InChI is InChI=1S/C10H18O3Si/c14-9-4-7-3-8(10(9)13-7)11-2-1-6-5-12-6/h6-10H,1-5H2,14H3. The zero-order valence-electron chi connectivity index (χ0n) is 8.65. The quantitative estimate of drug-likeness (QED) is 0.483. The fraction of sp³-hybridized carbons (Fsp3) is 1.00. The lowest BCUT2D eigenvalue weighted by atomic mass is 9.97. The molecule has 3 heterocycles. The van der Waals surface area contributed by atoms with Gasteiger partial charge in [-0.1, -0.05) is 0 Å². The second kappa shape index (κ2) is 3.59. The molecule has 0 aromatic heterocycles. The molecule has 3 aliphatic rings. The van der Waals surface area contributed by atoms with Crippen molar-refractivity contribution in [3.8, 4) is 0 Å². The lowest BCUT2D eigenvalue weighted by Crippen LogP contribution is -2.30. The van der Waals surface area contributed by atoms with Gasteiger partial charge in [0.25, 0.3) is 0 Å². The molecule has 0 amide bonds. The molecule has 0 saturated carbocycles. The van der Waals surface area contributed by atoms with Gasteiger partial charge in [-0.2, -0.15) is 0 Å². The lowest BCUT2D eigenvalue weighted by Gasteiger charge is -2.23. The van der Waals surface area contributed by atoms with Crippen LogP contribution in [0.25, 0.3) is 0 Å². The van der Waals surface area contributed by atoms with E-state index < -0.39 is 0 Å². The van der Waals surface area contributed by atoms with Gasteiger partial charge in [-0.05, 0) is 18.4 Å². The van der Waals surface area contributed by atoms with E-state index in [2.05, 4.69) is 0 Å². The van der Waals surface area contributed by atoms with E-state index in [-0.39, 0.29) is 0 Å². The van der Waals surface area contributed by atoms with Gasteiger partial charge in [0, 0.05) is 23.3 Å². The average Bonchev–Trinajstić information content (AvgIpc) is 2.79. The third-order valence-electron chi connectivity index (χ3n) is 3.58. The van der Waals surface area contributed by atoms with Gasteiger partial charge in [-0.3, -0.25) is 0 Å². The second-order valence-electron chi connectivity index (χ2n) is 4.82. The maximum Gasteiger partial charge on any atom is 0.0861 e. The zero-order valence-corrected chi connectivity index (χ0v) is 10.6. The SMILES string of the molecule is [SiH3]C1CC2CC(OCCC3CO3)C1O2. The predicted octanol–water partition coefficient (Wildman–Crippen LogP) is -0.124. The highest BCUT2D eigenvalue weighted by Gasteiger charge is 2.46. The van der Waals surface area contributed by atoms with Crippen molar-refractivity contribution in [1.82, 2.24) is 0 Å². The van der Waals surface area contributed by atoms with Gasteiger partial charge in [-0.25, -0.2) is 0 Å². The van der Waals surface area contributed by atoms with Crippen molar-refractivity contribution < 1.29 is 14.2 Å². The summed E-state index contributed by atoms with van der Waals surface area (Å²) in [5.74, 6) is 0. The largest absolute Gasteiger partial charge is 0.375 e. The lowest BCUT2D eigenvalue weighted by molar-refractivity contribution is -0.00289. The highest BCUT2D eigenvalue weighted by atomic mass is 28.1. The highest BCUT2D eigenvalue weighted by molar-refractivity contribution is 6.12. The third-order valence-corrected chi connectivity index (χ3v) is 4.71. The number of fused-ring (bicyclic) bond motifs is 2. The van der Waals surface area contributed by atoms with Crippen molar-refractivity contribution in [2.24, 2.45) is 0 Å². The molecular weight excluding hydrogens is 196 g/mol. The second-order valence-corrected chi connectivity index (χ2v) is 6.31. The van der Waals surface area contributed by atoms with Crippen LogP contribution in [0.1, 0.15) is 19.3 Å². The Bertz CT molecular complexity index is 219. The molecule has 80 valence electrons. The van der Waals surface area contributed by atoms with Crippen molar-refractivity contribution >= 4 is 10.2 Å². The van der Waals surface area contributed by atoms with Crippen LogP contribution in [-0.4, -0.2) is 47.9 Å². The molecule has 2 bridgehead atoms. The Labute approximate surface area is 87.5 Å². The first-order valence-corrected chi connectivity index (χ1v) is 6.87. The van der Waals surface area contributed by atoms with Gasteiger partial charge < -0.3 is 14.2 Å². The third kappa shape index (κ3) is 1.76. The molecule has 0 N–H and O–H groups in total. The topological polar surface area (TPSA) is 31.0 Å². The molecular formula is C10H18O3Si. The molecule has 0 aliphatic carbocycles. The normalized spacial score (nSPS) is 50.1. The van der Waals surface area contributed by atoms with Gasteiger partial charge >= 0.3 is 0 Å². The van der Waals surface area contributed by atoms with Gasteiger partial charge in [0.05, 0.1) is 31.0 Å². The van der Waals surface area contributed by atoms with Crippen LogP contribution in [-0.2, 0) is 14.2 Å². The van der Waals surface area contributed by atoms with Crippen LogP contribution in [0.3, 0.4) is 0 Å². The smallest absolute Gasteiger partial charge is 0.0861 e. The minimum Gasteiger partial charge on any atom is -0.375 e. The maximum atomic E-state index is 5.88. The van der Waals surface area contributed by atoms with Crippen LogP contribution in [0.5, 0.6) is 0 Å². The first-order valence-electron chi connectivity index (χ1n) is 5.71. The maximum absolute atomic E-state index is 5.88. The number of ether oxygens (including phenoxy) is 3. The molecule has 3 saturated heterocycles. The predicted molar refractivity (Wildman–Crippen MR) is 55.7 cm³/mol. The van der Waals surface area contributed by atoms with E-state index in [1.807, 2.05) is 0 Å². The Hall–Kier alpha value is 0.0969. The summed E-state index contributed by atoms with van der Waals surface area (Å²) in [7, 11) is 1.25. The summed E-state index contributed by atoms with van der Waals surface area (Å²) >= 11 is 0. The van der Waals surface area contributed by atoms with E-state index in [1.54, 1.807) is 0 Å². The number of hydrogen-bond donors (Lipinski definition) is 0. The van der Waals surface area contributed by atoms with Crippen LogP contribution in [0, 0.1) is 0 Å². The molecule has 5 atom stereocenters. The highest BCUT2D eigenvalue weighted by Crippen LogP contribution is 2.42. The minimum atomic E-state index is 0.398. The summed E-state index contributed by atoms with van der Waals surface area (Å²) in [6, 6.07) is 0.